The number of anilines is 1. The molecule has 0 heterocycles. The fourth-order valence-corrected chi connectivity index (χ4v) is 1.24. The molecule has 0 amide bonds. The Morgan fingerprint density at radius 1 is 1.38 bits per heavy atom. The van der Waals surface area contributed by atoms with E-state index in [1.165, 1.54) is 16.8 Å². The van der Waals surface area contributed by atoms with E-state index in [0.29, 0.717) is 0 Å². The average Bonchev–Trinajstić information content (AvgIpc) is 2.11. The van der Waals surface area contributed by atoms with Gasteiger partial charge in [-0.3, -0.25) is 0 Å². The summed E-state index contributed by atoms with van der Waals surface area (Å²) in [5.41, 5.74) is 3.84. The molecule has 0 saturated carbocycles. The Morgan fingerprint density at radius 2 is 2.15 bits per heavy atom. The monoisotopic (exact) mass is 175 g/mol. The summed E-state index contributed by atoms with van der Waals surface area (Å²) < 4.78 is 0. The molecule has 0 radical (unpaired) electrons. The second-order valence-corrected chi connectivity index (χ2v) is 3.32. The average molecular weight is 175 g/mol. The Bertz CT molecular complexity index is 289. The molecule has 70 valence electrons. The zero-order chi connectivity index (χ0) is 9.68. The van der Waals surface area contributed by atoms with Crippen molar-refractivity contribution >= 4 is 5.69 Å². The maximum Gasteiger partial charge on any atom is 0.0372 e. The molecular weight excluding hydrogens is 158 g/mol. The highest BCUT2D eigenvalue weighted by atomic mass is 14.9. The van der Waals surface area contributed by atoms with Gasteiger partial charge in [0, 0.05) is 12.2 Å². The number of hydrogen-bond acceptors (Lipinski definition) is 1. The van der Waals surface area contributed by atoms with E-state index in [1.54, 1.807) is 0 Å². The zero-order valence-electron chi connectivity index (χ0n) is 8.43. The number of benzene rings is 1. The Morgan fingerprint density at radius 3 is 2.85 bits per heavy atom. The van der Waals surface area contributed by atoms with E-state index >= 15 is 0 Å². The summed E-state index contributed by atoms with van der Waals surface area (Å²) in [6.45, 7) is 8.89. The normalized spacial score (nSPS) is 9.69. The highest BCUT2D eigenvalue weighted by Crippen LogP contribution is 2.15. The molecule has 0 saturated heterocycles. The van der Waals surface area contributed by atoms with Crippen LogP contribution in [0.25, 0.3) is 0 Å². The molecule has 0 fully saturated rings. The molecule has 1 heteroatoms. The molecule has 13 heavy (non-hydrogen) atoms. The van der Waals surface area contributed by atoms with Crippen molar-refractivity contribution < 1.29 is 0 Å². The molecule has 1 aromatic rings. The molecule has 0 spiro atoms. The smallest absolute Gasteiger partial charge is 0.0372 e. The van der Waals surface area contributed by atoms with Gasteiger partial charge in [-0.25, -0.2) is 0 Å². The molecule has 0 aliphatic rings. The van der Waals surface area contributed by atoms with Gasteiger partial charge in [-0.1, -0.05) is 18.2 Å². The van der Waals surface area contributed by atoms with E-state index in [9.17, 15) is 0 Å². The molecule has 1 N–H and O–H groups in total. The SMILES string of the molecule is C=CCCNc1cc(C)ccc1C. The van der Waals surface area contributed by atoms with Gasteiger partial charge < -0.3 is 5.32 Å². The highest BCUT2D eigenvalue weighted by Gasteiger charge is 1.95. The Balaban J connectivity index is 2.64. The first kappa shape index (κ1) is 9.85. The molecule has 0 aliphatic heterocycles. The number of hydrogen-bond donors (Lipinski definition) is 1. The van der Waals surface area contributed by atoms with E-state index in [0.717, 1.165) is 13.0 Å². The van der Waals surface area contributed by atoms with E-state index < -0.39 is 0 Å². The van der Waals surface area contributed by atoms with Crippen molar-refractivity contribution in [1.82, 2.24) is 0 Å². The molecule has 1 rings (SSSR count). The maximum absolute atomic E-state index is 3.69. The van der Waals surface area contributed by atoms with Gasteiger partial charge >= 0.3 is 0 Å². The van der Waals surface area contributed by atoms with E-state index in [2.05, 4.69) is 43.9 Å². The minimum absolute atomic E-state index is 0.966. The van der Waals surface area contributed by atoms with Crippen LogP contribution in [0, 0.1) is 13.8 Å². The summed E-state index contributed by atoms with van der Waals surface area (Å²) in [6, 6.07) is 6.46. The van der Waals surface area contributed by atoms with Crippen molar-refractivity contribution in [3.63, 3.8) is 0 Å². The third kappa shape index (κ3) is 2.94. The van der Waals surface area contributed by atoms with Gasteiger partial charge in [0.2, 0.25) is 0 Å². The van der Waals surface area contributed by atoms with Crippen LogP contribution >= 0.6 is 0 Å². The van der Waals surface area contributed by atoms with Crippen molar-refractivity contribution in [3.8, 4) is 0 Å². The van der Waals surface area contributed by atoms with Crippen LogP contribution in [0.1, 0.15) is 17.5 Å². The molecule has 0 aromatic heterocycles. The molecule has 0 bridgehead atoms. The van der Waals surface area contributed by atoms with Crippen LogP contribution < -0.4 is 5.32 Å². The molecule has 0 atom stereocenters. The number of aryl methyl sites for hydroxylation is 2. The van der Waals surface area contributed by atoms with Crippen LogP contribution in [-0.4, -0.2) is 6.54 Å². The lowest BCUT2D eigenvalue weighted by Gasteiger charge is -2.08. The van der Waals surface area contributed by atoms with Crippen molar-refractivity contribution in [2.75, 3.05) is 11.9 Å². The fourth-order valence-electron chi connectivity index (χ4n) is 1.24. The molecule has 1 aromatic carbocycles. The summed E-state index contributed by atoms with van der Waals surface area (Å²) in [7, 11) is 0. The van der Waals surface area contributed by atoms with Crippen LogP contribution in [-0.2, 0) is 0 Å². The van der Waals surface area contributed by atoms with Crippen molar-refractivity contribution in [2.24, 2.45) is 0 Å². The lowest BCUT2D eigenvalue weighted by molar-refractivity contribution is 1.06. The highest BCUT2D eigenvalue weighted by molar-refractivity contribution is 5.52. The van der Waals surface area contributed by atoms with E-state index in [1.807, 2.05) is 6.08 Å². The van der Waals surface area contributed by atoms with Gasteiger partial charge in [0.05, 0.1) is 0 Å². The summed E-state index contributed by atoms with van der Waals surface area (Å²) in [5.74, 6) is 0. The van der Waals surface area contributed by atoms with Crippen LogP contribution in [0.15, 0.2) is 30.9 Å². The lowest BCUT2D eigenvalue weighted by atomic mass is 10.1. The minimum atomic E-state index is 0.966. The molecule has 1 nitrogen and oxygen atoms in total. The van der Waals surface area contributed by atoms with E-state index in [-0.39, 0.29) is 0 Å². The Kier molecular flexibility index (Phi) is 3.56. The third-order valence-electron chi connectivity index (χ3n) is 2.06. The topological polar surface area (TPSA) is 12.0 Å². The van der Waals surface area contributed by atoms with Gasteiger partial charge in [-0.2, -0.15) is 0 Å². The minimum Gasteiger partial charge on any atom is -0.385 e. The Hall–Kier alpha value is -1.24. The van der Waals surface area contributed by atoms with Crippen LogP contribution in [0.5, 0.6) is 0 Å². The second-order valence-electron chi connectivity index (χ2n) is 3.32. The first-order valence-electron chi connectivity index (χ1n) is 4.66. The van der Waals surface area contributed by atoms with Gasteiger partial charge in [0.1, 0.15) is 0 Å². The van der Waals surface area contributed by atoms with Gasteiger partial charge in [0.25, 0.3) is 0 Å². The first-order valence-corrected chi connectivity index (χ1v) is 4.66. The Labute approximate surface area is 80.5 Å². The summed E-state index contributed by atoms with van der Waals surface area (Å²) in [6.07, 6.45) is 2.94. The molecular formula is C12H17N. The predicted molar refractivity (Wildman–Crippen MR) is 59.2 cm³/mol. The lowest BCUT2D eigenvalue weighted by Crippen LogP contribution is -2.01. The van der Waals surface area contributed by atoms with Crippen molar-refractivity contribution in [3.05, 3.63) is 42.0 Å². The summed E-state index contributed by atoms with van der Waals surface area (Å²) >= 11 is 0. The standard InChI is InChI=1S/C12H17N/c1-4-5-8-13-12-9-10(2)6-7-11(12)3/h4,6-7,9,13H,1,5,8H2,2-3H3. The van der Waals surface area contributed by atoms with Crippen molar-refractivity contribution in [1.29, 1.82) is 0 Å². The first-order chi connectivity index (χ1) is 6.24. The quantitative estimate of drug-likeness (QED) is 0.547. The number of rotatable bonds is 4. The molecule has 0 unspecified atom stereocenters. The van der Waals surface area contributed by atoms with Gasteiger partial charge in [-0.15, -0.1) is 6.58 Å². The number of nitrogens with one attached hydrogen (secondary N) is 1. The van der Waals surface area contributed by atoms with Gasteiger partial charge in [0.15, 0.2) is 0 Å². The fraction of sp³-hybridized carbons (Fsp3) is 0.333. The van der Waals surface area contributed by atoms with Crippen LogP contribution in [0.3, 0.4) is 0 Å². The summed E-state index contributed by atoms with van der Waals surface area (Å²) in [4.78, 5) is 0. The predicted octanol–water partition coefficient (Wildman–Crippen LogP) is 3.29. The molecule has 0 aliphatic carbocycles. The largest absolute Gasteiger partial charge is 0.385 e. The van der Waals surface area contributed by atoms with Crippen LogP contribution in [0.4, 0.5) is 5.69 Å². The van der Waals surface area contributed by atoms with E-state index in [4.69, 9.17) is 0 Å². The third-order valence-corrected chi connectivity index (χ3v) is 2.06. The van der Waals surface area contributed by atoms with Gasteiger partial charge in [-0.05, 0) is 37.5 Å². The summed E-state index contributed by atoms with van der Waals surface area (Å²) in [5, 5.41) is 3.38. The zero-order valence-corrected chi connectivity index (χ0v) is 8.43. The second kappa shape index (κ2) is 4.70. The van der Waals surface area contributed by atoms with Crippen molar-refractivity contribution in [2.45, 2.75) is 20.3 Å². The maximum atomic E-state index is 3.69. The van der Waals surface area contributed by atoms with Crippen LogP contribution in [0.2, 0.25) is 0 Å².